The molecule has 1 aromatic rings. The first-order valence-corrected chi connectivity index (χ1v) is 5.01. The second-order valence-corrected chi connectivity index (χ2v) is 4.06. The molecule has 1 aromatic carbocycles. The highest BCUT2D eigenvalue weighted by Gasteiger charge is 2.37. The van der Waals surface area contributed by atoms with E-state index in [0.717, 1.165) is 12.1 Å². The first kappa shape index (κ1) is 11.8. The van der Waals surface area contributed by atoms with Crippen molar-refractivity contribution in [1.29, 1.82) is 0 Å². The van der Waals surface area contributed by atoms with Gasteiger partial charge in [0.1, 0.15) is 4.90 Å². The summed E-state index contributed by atoms with van der Waals surface area (Å²) < 4.78 is 67.0. The van der Waals surface area contributed by atoms with Gasteiger partial charge < -0.3 is 5.73 Å². The molecular weight excluding hydrogens is 235 g/mol. The van der Waals surface area contributed by atoms with E-state index < -0.39 is 32.4 Å². The van der Waals surface area contributed by atoms with Gasteiger partial charge in [0.2, 0.25) is 0 Å². The summed E-state index contributed by atoms with van der Waals surface area (Å²) in [5, 5.41) is 0. The topological polar surface area (TPSA) is 80.4 Å². The van der Waals surface area contributed by atoms with Crippen LogP contribution in [0.4, 0.5) is 18.9 Å². The second-order valence-electron chi connectivity index (χ2n) is 2.70. The Balaban J connectivity index is 3.63. The fourth-order valence-corrected chi connectivity index (χ4v) is 1.89. The van der Waals surface area contributed by atoms with Gasteiger partial charge in [0.05, 0.1) is 11.3 Å². The van der Waals surface area contributed by atoms with Gasteiger partial charge in [0.15, 0.2) is 0 Å². The fourth-order valence-electron chi connectivity index (χ4n) is 1.07. The van der Waals surface area contributed by atoms with Crippen LogP contribution in [0.25, 0.3) is 0 Å². The van der Waals surface area contributed by atoms with Gasteiger partial charge in [-0.1, -0.05) is 6.07 Å². The molecule has 0 amide bonds. The van der Waals surface area contributed by atoms with E-state index in [2.05, 4.69) is 0 Å². The summed E-state index contributed by atoms with van der Waals surface area (Å²) in [6.45, 7) is 0. The van der Waals surface area contributed by atoms with Gasteiger partial charge in [-0.25, -0.2) is 0 Å². The monoisotopic (exact) mass is 241 g/mol. The molecule has 0 atom stereocenters. The molecule has 15 heavy (non-hydrogen) atoms. The van der Waals surface area contributed by atoms with Gasteiger partial charge in [-0.3, -0.25) is 4.55 Å². The maximum absolute atomic E-state index is 12.3. The van der Waals surface area contributed by atoms with E-state index in [0.29, 0.717) is 6.07 Å². The SMILES string of the molecule is Nc1cccc(C(F)(F)F)c1S(=O)(=O)O. The Morgan fingerprint density at radius 2 is 1.80 bits per heavy atom. The van der Waals surface area contributed by atoms with E-state index >= 15 is 0 Å². The number of halogens is 3. The van der Waals surface area contributed by atoms with Crippen molar-refractivity contribution in [2.45, 2.75) is 11.1 Å². The highest BCUT2D eigenvalue weighted by Crippen LogP contribution is 2.36. The molecule has 0 fully saturated rings. The lowest BCUT2D eigenvalue weighted by Gasteiger charge is -2.12. The fraction of sp³-hybridized carbons (Fsp3) is 0.143. The first-order valence-electron chi connectivity index (χ1n) is 3.57. The molecule has 0 aliphatic heterocycles. The minimum Gasteiger partial charge on any atom is -0.398 e. The van der Waals surface area contributed by atoms with Crippen LogP contribution in [0.15, 0.2) is 23.1 Å². The predicted octanol–water partition coefficient (Wildman–Crippen LogP) is 1.53. The van der Waals surface area contributed by atoms with Crippen LogP contribution in [0.5, 0.6) is 0 Å². The Morgan fingerprint density at radius 3 is 2.13 bits per heavy atom. The number of alkyl halides is 3. The molecule has 0 saturated carbocycles. The lowest BCUT2D eigenvalue weighted by molar-refractivity contribution is -0.139. The standard InChI is InChI=1S/C7H6F3NO3S/c8-7(9,10)4-2-1-3-5(11)6(4)15(12,13)14/h1-3H,11H2,(H,12,13,14). The highest BCUT2D eigenvalue weighted by atomic mass is 32.2. The second kappa shape index (κ2) is 3.38. The summed E-state index contributed by atoms with van der Waals surface area (Å²) in [6.07, 6.45) is -4.89. The van der Waals surface area contributed by atoms with Crippen molar-refractivity contribution < 1.29 is 26.1 Å². The van der Waals surface area contributed by atoms with Crippen LogP contribution >= 0.6 is 0 Å². The van der Waals surface area contributed by atoms with Crippen LogP contribution in [0.3, 0.4) is 0 Å². The number of benzene rings is 1. The summed E-state index contributed by atoms with van der Waals surface area (Å²) in [4.78, 5) is -1.31. The van der Waals surface area contributed by atoms with Crippen LogP contribution in [-0.2, 0) is 16.3 Å². The largest absolute Gasteiger partial charge is 0.417 e. The molecular formula is C7H6F3NO3S. The van der Waals surface area contributed by atoms with E-state index in [1.54, 1.807) is 0 Å². The van der Waals surface area contributed by atoms with Gasteiger partial charge in [-0.15, -0.1) is 0 Å². The third kappa shape index (κ3) is 2.39. The van der Waals surface area contributed by atoms with Crippen LogP contribution in [0.1, 0.15) is 5.56 Å². The number of rotatable bonds is 1. The summed E-state index contributed by atoms with van der Waals surface area (Å²) in [5.41, 5.74) is 2.94. The van der Waals surface area contributed by atoms with Crippen molar-refractivity contribution in [3.8, 4) is 0 Å². The van der Waals surface area contributed by atoms with Crippen molar-refractivity contribution in [3.05, 3.63) is 23.8 Å². The maximum atomic E-state index is 12.3. The molecule has 8 heteroatoms. The molecule has 0 unspecified atom stereocenters. The summed E-state index contributed by atoms with van der Waals surface area (Å²) in [7, 11) is -4.99. The van der Waals surface area contributed by atoms with Crippen molar-refractivity contribution >= 4 is 15.8 Å². The van der Waals surface area contributed by atoms with Gasteiger partial charge in [0, 0.05) is 0 Å². The number of nitrogens with two attached hydrogens (primary N) is 1. The van der Waals surface area contributed by atoms with Crippen LogP contribution in [0, 0.1) is 0 Å². The minimum absolute atomic E-state index is 0.527. The van der Waals surface area contributed by atoms with Crippen LogP contribution in [-0.4, -0.2) is 13.0 Å². The minimum atomic E-state index is -4.99. The molecule has 1 rings (SSSR count). The molecule has 4 nitrogen and oxygen atoms in total. The van der Waals surface area contributed by atoms with E-state index in [4.69, 9.17) is 10.3 Å². The molecule has 84 valence electrons. The molecule has 0 heterocycles. The highest BCUT2D eigenvalue weighted by molar-refractivity contribution is 7.86. The molecule has 0 aliphatic carbocycles. The molecule has 0 spiro atoms. The smallest absolute Gasteiger partial charge is 0.398 e. The Kier molecular flexibility index (Phi) is 2.66. The Hall–Kier alpha value is -1.28. The average Bonchev–Trinajstić information content (AvgIpc) is 1.99. The van der Waals surface area contributed by atoms with E-state index in [9.17, 15) is 21.6 Å². The van der Waals surface area contributed by atoms with Crippen molar-refractivity contribution in [2.24, 2.45) is 0 Å². The number of anilines is 1. The quantitative estimate of drug-likeness (QED) is 0.577. The zero-order valence-corrected chi connectivity index (χ0v) is 7.93. The lowest BCUT2D eigenvalue weighted by atomic mass is 10.2. The van der Waals surface area contributed by atoms with Crippen molar-refractivity contribution in [1.82, 2.24) is 0 Å². The van der Waals surface area contributed by atoms with Crippen molar-refractivity contribution in [2.75, 3.05) is 5.73 Å². The summed E-state index contributed by atoms with van der Waals surface area (Å²) >= 11 is 0. The number of nitrogen functional groups attached to an aromatic ring is 1. The molecule has 0 saturated heterocycles. The lowest BCUT2D eigenvalue weighted by Crippen LogP contribution is -2.14. The number of hydrogen-bond acceptors (Lipinski definition) is 3. The molecule has 0 bridgehead atoms. The van der Waals surface area contributed by atoms with E-state index in [1.165, 1.54) is 0 Å². The predicted molar refractivity (Wildman–Crippen MR) is 45.7 cm³/mol. The summed E-state index contributed by atoms with van der Waals surface area (Å²) in [6, 6.07) is 2.44. The zero-order chi connectivity index (χ0) is 11.9. The Morgan fingerprint density at radius 1 is 1.27 bits per heavy atom. The zero-order valence-electron chi connectivity index (χ0n) is 7.12. The number of hydrogen-bond donors (Lipinski definition) is 2. The first-order chi connectivity index (χ1) is 6.64. The van der Waals surface area contributed by atoms with Gasteiger partial charge in [-0.05, 0) is 12.1 Å². The van der Waals surface area contributed by atoms with E-state index in [-0.39, 0.29) is 0 Å². The maximum Gasteiger partial charge on any atom is 0.417 e. The van der Waals surface area contributed by atoms with E-state index in [1.807, 2.05) is 0 Å². The molecule has 0 aromatic heterocycles. The normalized spacial score (nSPS) is 12.8. The van der Waals surface area contributed by atoms with Gasteiger partial charge in [0.25, 0.3) is 10.1 Å². The third-order valence-corrected chi connectivity index (χ3v) is 2.58. The molecule has 0 radical (unpaired) electrons. The van der Waals surface area contributed by atoms with Crippen LogP contribution < -0.4 is 5.73 Å². The molecule has 0 aliphatic rings. The average molecular weight is 241 g/mol. The van der Waals surface area contributed by atoms with Crippen molar-refractivity contribution in [3.63, 3.8) is 0 Å². The van der Waals surface area contributed by atoms with Gasteiger partial charge in [-0.2, -0.15) is 21.6 Å². The third-order valence-electron chi connectivity index (χ3n) is 1.61. The Bertz CT molecular complexity index is 481. The van der Waals surface area contributed by atoms with Crippen LogP contribution in [0.2, 0.25) is 0 Å². The summed E-state index contributed by atoms with van der Waals surface area (Å²) in [5.74, 6) is 0. The molecule has 3 N–H and O–H groups in total. The van der Waals surface area contributed by atoms with Gasteiger partial charge >= 0.3 is 6.18 Å². The Labute approximate surface area is 83.3 Å².